The van der Waals surface area contributed by atoms with E-state index >= 15 is 0 Å². The summed E-state index contributed by atoms with van der Waals surface area (Å²) in [6, 6.07) is 8.27. The number of nitrogens with zero attached hydrogens (tertiary/aromatic N) is 2. The van der Waals surface area contributed by atoms with Gasteiger partial charge in [-0.05, 0) is 60.9 Å². The fourth-order valence-corrected chi connectivity index (χ4v) is 4.27. The molecule has 0 atom stereocenters. The maximum Gasteiger partial charge on any atom is 0.416 e. The molecule has 1 aliphatic rings. The molecule has 0 radical (unpaired) electrons. The minimum Gasteiger partial charge on any atom is -0.425 e. The molecule has 2 heterocycles. The van der Waals surface area contributed by atoms with Gasteiger partial charge in [-0.2, -0.15) is 24.9 Å². The molecule has 13 heteroatoms. The van der Waals surface area contributed by atoms with Crippen LogP contribution in [-0.2, 0) is 6.18 Å². The van der Waals surface area contributed by atoms with Crippen LogP contribution in [0.15, 0.2) is 52.9 Å². The van der Waals surface area contributed by atoms with Crippen molar-refractivity contribution in [2.24, 2.45) is 5.73 Å². The van der Waals surface area contributed by atoms with E-state index in [-0.39, 0.29) is 18.2 Å². The highest BCUT2D eigenvalue weighted by Gasteiger charge is 2.33. The molecule has 196 valence electrons. The summed E-state index contributed by atoms with van der Waals surface area (Å²) < 4.78 is 59.7. The van der Waals surface area contributed by atoms with E-state index in [0.717, 1.165) is 18.7 Å². The molecule has 0 spiro atoms. The number of urea groups is 1. The van der Waals surface area contributed by atoms with Crippen molar-refractivity contribution >= 4 is 52.5 Å². The second-order valence-electron chi connectivity index (χ2n) is 8.09. The number of amidine groups is 1. The van der Waals surface area contributed by atoms with Gasteiger partial charge >= 0.3 is 12.2 Å². The lowest BCUT2D eigenvalue weighted by Gasteiger charge is -2.30. The first-order valence-corrected chi connectivity index (χ1v) is 12.5. The van der Waals surface area contributed by atoms with Gasteiger partial charge in [0.2, 0.25) is 5.88 Å². The number of benzene rings is 2. The zero-order valence-electron chi connectivity index (χ0n) is 19.7. The Morgan fingerprint density at radius 1 is 1.24 bits per heavy atom. The number of fused-ring (bicyclic) bond motifs is 1. The van der Waals surface area contributed by atoms with Crippen LogP contribution in [0.25, 0.3) is 0 Å². The van der Waals surface area contributed by atoms with Crippen molar-refractivity contribution in [3.8, 4) is 0 Å². The van der Waals surface area contributed by atoms with E-state index in [4.69, 9.17) is 15.6 Å². The van der Waals surface area contributed by atoms with Gasteiger partial charge in [0.25, 0.3) is 0 Å². The van der Waals surface area contributed by atoms with Crippen LogP contribution in [-0.4, -0.2) is 37.1 Å². The van der Waals surface area contributed by atoms with Crippen molar-refractivity contribution in [1.29, 1.82) is 5.41 Å². The lowest BCUT2D eigenvalue weighted by Crippen LogP contribution is -2.39. The van der Waals surface area contributed by atoms with Gasteiger partial charge in [0, 0.05) is 18.3 Å². The van der Waals surface area contributed by atoms with Crippen LogP contribution >= 0.6 is 11.8 Å². The largest absolute Gasteiger partial charge is 0.425 e. The Labute approximate surface area is 214 Å². The number of primary amides is 1. The Bertz CT molecular complexity index is 1300. The average Bonchev–Trinajstić information content (AvgIpc) is 3.27. The molecule has 0 saturated heterocycles. The van der Waals surface area contributed by atoms with Crippen LogP contribution in [0.2, 0.25) is 0 Å². The van der Waals surface area contributed by atoms with Crippen LogP contribution in [0.5, 0.6) is 0 Å². The van der Waals surface area contributed by atoms with Gasteiger partial charge in [0.05, 0.1) is 29.2 Å². The number of furan rings is 1. The molecule has 37 heavy (non-hydrogen) atoms. The third-order valence-corrected chi connectivity index (χ3v) is 6.33. The molecule has 4 rings (SSSR count). The third kappa shape index (κ3) is 5.61. The normalized spacial score (nSPS) is 13.2. The minimum atomic E-state index is -4.73. The zero-order valence-corrected chi connectivity index (χ0v) is 20.5. The fraction of sp³-hybridized carbons (Fsp3) is 0.250. The highest BCUT2D eigenvalue weighted by molar-refractivity contribution is 7.98. The summed E-state index contributed by atoms with van der Waals surface area (Å²) in [6.45, 7) is 0.945. The van der Waals surface area contributed by atoms with Crippen LogP contribution in [0.1, 0.15) is 17.5 Å². The van der Waals surface area contributed by atoms with Crippen molar-refractivity contribution in [1.82, 2.24) is 0 Å². The number of amides is 2. The number of halogens is 4. The maximum atomic E-state index is 14.5. The molecule has 1 aromatic heterocycles. The van der Waals surface area contributed by atoms with Gasteiger partial charge in [-0.3, -0.25) is 10.3 Å². The average molecular weight is 537 g/mol. The SMILES string of the molecule is CSCCCNc1cc2c(o1)NCN(c1ccc(N(C(N)=O)c3cc(C(F)(F)F)ccc3F)cc1)C2=N. The number of hydrogen-bond acceptors (Lipinski definition) is 6. The molecule has 0 saturated carbocycles. The van der Waals surface area contributed by atoms with Gasteiger partial charge in [0.15, 0.2) is 5.88 Å². The lowest BCUT2D eigenvalue weighted by atomic mass is 10.1. The number of alkyl halides is 3. The number of nitrogens with one attached hydrogen (secondary N) is 3. The topological polar surface area (TPSA) is 111 Å². The fourth-order valence-electron chi connectivity index (χ4n) is 3.84. The minimum absolute atomic E-state index is 0.0618. The summed E-state index contributed by atoms with van der Waals surface area (Å²) in [4.78, 5) is 14.4. The molecular weight excluding hydrogens is 512 g/mol. The van der Waals surface area contributed by atoms with Gasteiger partial charge in [-0.15, -0.1) is 0 Å². The number of thioether (sulfide) groups is 1. The summed E-state index contributed by atoms with van der Waals surface area (Å²) >= 11 is 1.75. The molecule has 0 unspecified atom stereocenters. The number of carbonyl (C=O) groups excluding carboxylic acids is 1. The maximum absolute atomic E-state index is 14.5. The standard InChI is InChI=1S/C24H24F4N6O2S/c1-37-10-2-9-31-20-12-17-21(29)33(13-32-22(17)36-20)15-4-6-16(7-5-15)34(23(30)35)19-11-14(24(26,27)28)3-8-18(19)25/h3-8,11-12,29,31-32H,2,9-10,13H2,1H3,(H2,30,35). The number of nitrogens with two attached hydrogens (primary N) is 1. The summed E-state index contributed by atoms with van der Waals surface area (Å²) in [6.07, 6.45) is -1.73. The highest BCUT2D eigenvalue weighted by atomic mass is 32.2. The number of rotatable bonds is 8. The molecule has 0 aliphatic carbocycles. The summed E-state index contributed by atoms with van der Waals surface area (Å²) in [7, 11) is 0. The predicted molar refractivity (Wildman–Crippen MR) is 138 cm³/mol. The van der Waals surface area contributed by atoms with Crippen LogP contribution < -0.4 is 26.2 Å². The Morgan fingerprint density at radius 3 is 2.62 bits per heavy atom. The summed E-state index contributed by atoms with van der Waals surface area (Å²) in [5.74, 6) is 1.14. The van der Waals surface area contributed by atoms with E-state index in [1.165, 1.54) is 12.1 Å². The Balaban J connectivity index is 1.55. The molecule has 8 nitrogen and oxygen atoms in total. The number of hydrogen-bond donors (Lipinski definition) is 4. The quantitative estimate of drug-likeness (QED) is 0.207. The van der Waals surface area contributed by atoms with Crippen molar-refractivity contribution in [2.75, 3.05) is 45.7 Å². The van der Waals surface area contributed by atoms with Crippen LogP contribution in [0.4, 0.5) is 51.2 Å². The van der Waals surface area contributed by atoms with Crippen molar-refractivity contribution < 1.29 is 26.8 Å². The summed E-state index contributed by atoms with van der Waals surface area (Å²) in [5, 5.41) is 14.9. The summed E-state index contributed by atoms with van der Waals surface area (Å²) in [5.41, 5.74) is 4.83. The number of anilines is 5. The Morgan fingerprint density at radius 2 is 1.97 bits per heavy atom. The first-order valence-electron chi connectivity index (χ1n) is 11.1. The smallest absolute Gasteiger partial charge is 0.416 e. The van der Waals surface area contributed by atoms with Crippen molar-refractivity contribution in [3.05, 3.63) is 65.5 Å². The van der Waals surface area contributed by atoms with Crippen molar-refractivity contribution in [3.63, 3.8) is 0 Å². The molecule has 0 bridgehead atoms. The first-order chi connectivity index (χ1) is 17.6. The van der Waals surface area contributed by atoms with E-state index in [1.807, 2.05) is 6.26 Å². The molecule has 0 fully saturated rings. The monoisotopic (exact) mass is 536 g/mol. The van der Waals surface area contributed by atoms with Gasteiger partial charge in [-0.1, -0.05) is 0 Å². The zero-order chi connectivity index (χ0) is 26.7. The highest BCUT2D eigenvalue weighted by Crippen LogP contribution is 2.37. The van der Waals surface area contributed by atoms with Crippen LogP contribution in [0.3, 0.4) is 0 Å². The molecule has 5 N–H and O–H groups in total. The number of carbonyl (C=O) groups is 1. The van der Waals surface area contributed by atoms with Crippen LogP contribution in [0, 0.1) is 11.2 Å². The van der Waals surface area contributed by atoms with E-state index in [1.54, 1.807) is 34.9 Å². The van der Waals surface area contributed by atoms with E-state index < -0.39 is 29.3 Å². The first kappa shape index (κ1) is 26.2. The Kier molecular flexibility index (Phi) is 7.52. The predicted octanol–water partition coefficient (Wildman–Crippen LogP) is 6.03. The second kappa shape index (κ2) is 10.6. The van der Waals surface area contributed by atoms with Crippen molar-refractivity contribution in [2.45, 2.75) is 12.6 Å². The van der Waals surface area contributed by atoms with E-state index in [2.05, 4.69) is 10.6 Å². The third-order valence-electron chi connectivity index (χ3n) is 5.63. The molecular formula is C24H24F4N6O2S. The Hall–Kier alpha value is -3.87. The van der Waals surface area contributed by atoms with Gasteiger partial charge < -0.3 is 25.7 Å². The molecule has 1 aliphatic heterocycles. The van der Waals surface area contributed by atoms with Gasteiger partial charge in [-0.25, -0.2) is 9.18 Å². The van der Waals surface area contributed by atoms with E-state index in [9.17, 15) is 22.4 Å². The molecule has 2 amide bonds. The second-order valence-corrected chi connectivity index (χ2v) is 9.08. The molecule has 3 aromatic rings. The molecule has 2 aromatic carbocycles. The van der Waals surface area contributed by atoms with E-state index in [0.29, 0.717) is 46.1 Å². The lowest BCUT2D eigenvalue weighted by molar-refractivity contribution is -0.137. The van der Waals surface area contributed by atoms with Gasteiger partial charge in [0.1, 0.15) is 11.7 Å².